The molecular weight excluding hydrogens is 419 g/mol. The highest BCUT2D eigenvalue weighted by molar-refractivity contribution is 7.98. The van der Waals surface area contributed by atoms with Crippen molar-refractivity contribution >= 4 is 28.9 Å². The highest BCUT2D eigenvalue weighted by Crippen LogP contribution is 2.57. The molecule has 0 saturated carbocycles. The number of hydrazone groups is 1. The topological polar surface area (TPSA) is 24.4 Å². The summed E-state index contributed by atoms with van der Waals surface area (Å²) in [7, 11) is -2.04. The van der Waals surface area contributed by atoms with Gasteiger partial charge in [0, 0.05) is 0 Å². The van der Waals surface area contributed by atoms with Crippen molar-refractivity contribution in [3.63, 3.8) is 0 Å². The van der Waals surface area contributed by atoms with Crippen LogP contribution in [0.1, 0.15) is 25.8 Å². The molecule has 0 atom stereocenters. The summed E-state index contributed by atoms with van der Waals surface area (Å²) in [4.78, 5) is 0. The van der Waals surface area contributed by atoms with Crippen molar-refractivity contribution in [2.45, 2.75) is 20.3 Å². The highest BCUT2D eigenvalue weighted by Gasteiger charge is 2.43. The second-order valence-electron chi connectivity index (χ2n) is 7.93. The fourth-order valence-corrected chi connectivity index (χ4v) is 8.02. The van der Waals surface area contributed by atoms with E-state index in [1.54, 1.807) is 0 Å². The number of allylic oxidation sites excluding steroid dienone is 1. The maximum Gasteiger partial charge on any atom is 0.138 e. The van der Waals surface area contributed by atoms with Gasteiger partial charge in [-0.3, -0.25) is 5.43 Å². The Kier molecular flexibility index (Phi) is 7.50. The fraction of sp³-hybridized carbons (Fsp3) is 0.100. The van der Waals surface area contributed by atoms with E-state index in [1.807, 2.05) is 6.07 Å². The molecule has 0 amide bonds. The van der Waals surface area contributed by atoms with E-state index in [0.29, 0.717) is 0 Å². The maximum absolute atomic E-state index is 4.79. The molecule has 0 heterocycles. The van der Waals surface area contributed by atoms with Crippen LogP contribution in [-0.4, -0.2) is 5.71 Å². The first-order chi connectivity index (χ1) is 16.2. The fourth-order valence-electron chi connectivity index (χ4n) is 4.11. The van der Waals surface area contributed by atoms with Crippen molar-refractivity contribution in [2.75, 3.05) is 0 Å². The third-order valence-corrected chi connectivity index (χ3v) is 9.80. The molecule has 0 fully saturated rings. The second kappa shape index (κ2) is 10.9. The Morgan fingerprint density at radius 1 is 0.667 bits per heavy atom. The minimum absolute atomic E-state index is 0.862. The maximum atomic E-state index is 4.79. The van der Waals surface area contributed by atoms with Gasteiger partial charge in [-0.1, -0.05) is 91.9 Å². The molecule has 4 aromatic rings. The molecule has 164 valence electrons. The van der Waals surface area contributed by atoms with Gasteiger partial charge in [-0.25, -0.2) is 0 Å². The number of benzene rings is 4. The van der Waals surface area contributed by atoms with Gasteiger partial charge in [-0.2, -0.15) is 5.10 Å². The summed E-state index contributed by atoms with van der Waals surface area (Å²) in [5.74, 6) is 2.41. The molecule has 0 saturated heterocycles. The van der Waals surface area contributed by atoms with E-state index in [-0.39, 0.29) is 0 Å². The summed E-state index contributed by atoms with van der Waals surface area (Å²) in [6.45, 7) is 4.26. The summed E-state index contributed by atoms with van der Waals surface area (Å²) >= 11 is 0. The molecule has 4 aromatic carbocycles. The molecule has 0 unspecified atom stereocenters. The van der Waals surface area contributed by atoms with E-state index in [1.165, 1.54) is 15.9 Å². The van der Waals surface area contributed by atoms with Crippen LogP contribution in [0.5, 0.6) is 0 Å². The number of hydrogen-bond donors (Lipinski definition) is 1. The van der Waals surface area contributed by atoms with Crippen LogP contribution in [0.3, 0.4) is 0 Å². The summed E-state index contributed by atoms with van der Waals surface area (Å²) in [5.41, 5.74) is 6.61. The normalized spacial score (nSPS) is 12.4. The van der Waals surface area contributed by atoms with Crippen LogP contribution in [0.2, 0.25) is 0 Å². The third-order valence-electron chi connectivity index (χ3n) is 5.69. The SMILES string of the molecule is CC/C(=N/N/C(C)=C/[P+](c1ccccc1)(c1ccccc1)c1ccccc1)c1ccccc1. The van der Waals surface area contributed by atoms with Crippen molar-refractivity contribution in [1.29, 1.82) is 0 Å². The average Bonchev–Trinajstić information content (AvgIpc) is 2.90. The van der Waals surface area contributed by atoms with Gasteiger partial charge in [0.15, 0.2) is 0 Å². The van der Waals surface area contributed by atoms with Crippen LogP contribution < -0.4 is 21.3 Å². The van der Waals surface area contributed by atoms with Gasteiger partial charge in [0.2, 0.25) is 0 Å². The zero-order chi connectivity index (χ0) is 22.9. The molecule has 0 bridgehead atoms. The molecule has 33 heavy (non-hydrogen) atoms. The monoisotopic (exact) mass is 449 g/mol. The quantitative estimate of drug-likeness (QED) is 0.192. The first-order valence-electron chi connectivity index (χ1n) is 11.4. The molecule has 3 heteroatoms. The van der Waals surface area contributed by atoms with Crippen molar-refractivity contribution in [1.82, 2.24) is 5.43 Å². The van der Waals surface area contributed by atoms with E-state index >= 15 is 0 Å². The first-order valence-corrected chi connectivity index (χ1v) is 13.2. The molecule has 0 aliphatic heterocycles. The van der Waals surface area contributed by atoms with Gasteiger partial charge >= 0.3 is 0 Å². The van der Waals surface area contributed by atoms with Gasteiger partial charge in [0.05, 0.1) is 17.2 Å². The Hall–Kier alpha value is -3.48. The summed E-state index contributed by atoms with van der Waals surface area (Å²) in [5, 5.41) is 8.77. The number of rotatable bonds is 8. The van der Waals surface area contributed by atoms with E-state index in [2.05, 4.69) is 140 Å². The van der Waals surface area contributed by atoms with Crippen LogP contribution in [0.15, 0.2) is 138 Å². The van der Waals surface area contributed by atoms with E-state index in [9.17, 15) is 0 Å². The van der Waals surface area contributed by atoms with Gasteiger partial charge in [-0.15, -0.1) is 0 Å². The van der Waals surface area contributed by atoms with E-state index in [0.717, 1.165) is 23.4 Å². The zero-order valence-corrected chi connectivity index (χ0v) is 20.1. The predicted molar refractivity (Wildman–Crippen MR) is 145 cm³/mol. The van der Waals surface area contributed by atoms with Crippen molar-refractivity contribution in [2.24, 2.45) is 5.10 Å². The lowest BCUT2D eigenvalue weighted by molar-refractivity contribution is 0.883. The largest absolute Gasteiger partial charge is 0.279 e. The van der Waals surface area contributed by atoms with Crippen LogP contribution >= 0.6 is 7.26 Å². The lowest BCUT2D eigenvalue weighted by Gasteiger charge is -2.24. The van der Waals surface area contributed by atoms with Gasteiger partial charge in [0.1, 0.15) is 23.2 Å². The molecular formula is C30H30N2P+. The molecule has 2 nitrogen and oxygen atoms in total. The summed E-state index contributed by atoms with van der Waals surface area (Å²) in [6.07, 6.45) is 0.862. The standard InChI is InChI=1S/C30H30N2P/c1-3-30(26-16-8-4-9-17-26)32-31-25(2)24-33(27-18-10-5-11-19-27,28-20-12-6-13-21-28)29-22-14-7-15-23-29/h4-24,31H,3H2,1-2H3/q+1/b25-24+,32-30-. The van der Waals surface area contributed by atoms with Crippen LogP contribution in [-0.2, 0) is 0 Å². The van der Waals surface area contributed by atoms with Gasteiger partial charge in [0.25, 0.3) is 0 Å². The lowest BCUT2D eigenvalue weighted by Crippen LogP contribution is -2.30. The number of nitrogens with zero attached hydrogens (tertiary/aromatic N) is 1. The second-order valence-corrected chi connectivity index (χ2v) is 11.2. The first kappa shape index (κ1) is 22.7. The van der Waals surface area contributed by atoms with Crippen molar-refractivity contribution in [3.8, 4) is 0 Å². The van der Waals surface area contributed by atoms with E-state index in [4.69, 9.17) is 5.10 Å². The predicted octanol–water partition coefficient (Wildman–Crippen LogP) is 6.25. The van der Waals surface area contributed by atoms with Crippen LogP contribution in [0.25, 0.3) is 0 Å². The number of nitrogens with one attached hydrogen (secondary N) is 1. The molecule has 4 rings (SSSR count). The zero-order valence-electron chi connectivity index (χ0n) is 19.2. The van der Waals surface area contributed by atoms with Crippen LogP contribution in [0.4, 0.5) is 0 Å². The molecule has 0 aromatic heterocycles. The van der Waals surface area contributed by atoms with Crippen molar-refractivity contribution < 1.29 is 0 Å². The molecule has 0 spiro atoms. The Balaban J connectivity index is 1.84. The van der Waals surface area contributed by atoms with Gasteiger partial charge < -0.3 is 0 Å². The molecule has 0 aliphatic carbocycles. The molecule has 1 N–H and O–H groups in total. The van der Waals surface area contributed by atoms with E-state index < -0.39 is 7.26 Å². The Morgan fingerprint density at radius 2 is 1.06 bits per heavy atom. The number of hydrogen-bond acceptors (Lipinski definition) is 2. The Bertz CT molecular complexity index is 1100. The third kappa shape index (κ3) is 5.13. The average molecular weight is 450 g/mol. The molecule has 0 radical (unpaired) electrons. The Morgan fingerprint density at radius 3 is 1.45 bits per heavy atom. The minimum Gasteiger partial charge on any atom is -0.279 e. The molecule has 0 aliphatic rings. The summed E-state index contributed by atoms with van der Waals surface area (Å²) in [6, 6.07) is 42.9. The summed E-state index contributed by atoms with van der Waals surface area (Å²) < 4.78 is 0. The Labute approximate surface area is 198 Å². The van der Waals surface area contributed by atoms with Crippen LogP contribution in [0, 0.1) is 0 Å². The lowest BCUT2D eigenvalue weighted by atomic mass is 10.1. The smallest absolute Gasteiger partial charge is 0.138 e. The minimum atomic E-state index is -2.04. The highest BCUT2D eigenvalue weighted by atomic mass is 31.2. The van der Waals surface area contributed by atoms with Crippen molar-refractivity contribution in [3.05, 3.63) is 138 Å². The van der Waals surface area contributed by atoms with Gasteiger partial charge in [-0.05, 0) is 55.3 Å².